The van der Waals surface area contributed by atoms with Gasteiger partial charge in [-0.3, -0.25) is 10.1 Å². The first kappa shape index (κ1) is 17.9. The Morgan fingerprint density at radius 1 is 1.08 bits per heavy atom. The van der Waals surface area contributed by atoms with Crippen LogP contribution in [0.2, 0.25) is 0 Å². The van der Waals surface area contributed by atoms with Gasteiger partial charge >= 0.3 is 0 Å². The molecule has 2 aromatic rings. The molecule has 0 aliphatic carbocycles. The number of rotatable bonds is 4. The summed E-state index contributed by atoms with van der Waals surface area (Å²) in [6.07, 6.45) is 4.20. The highest BCUT2D eigenvalue weighted by atomic mass is 16.6. The lowest BCUT2D eigenvalue weighted by molar-refractivity contribution is -0.405. The van der Waals surface area contributed by atoms with Gasteiger partial charge in [-0.05, 0) is 43.7 Å². The molecule has 0 saturated heterocycles. The average molecular weight is 350 g/mol. The van der Waals surface area contributed by atoms with E-state index in [1.54, 1.807) is 12.1 Å². The molecule has 0 amide bonds. The zero-order chi connectivity index (χ0) is 19.1. The van der Waals surface area contributed by atoms with E-state index < -0.39 is 0 Å². The SMILES string of the molecule is CN(C)c1ccc(/C=C/C2=[N+](C)c3cc([N+](=O)[O-])ccc3C2(C)C)cc1. The maximum atomic E-state index is 11.1. The molecule has 0 atom stereocenters. The quantitative estimate of drug-likeness (QED) is 0.467. The molecule has 1 aliphatic heterocycles. The maximum absolute atomic E-state index is 11.1. The molecular formula is C21H24N3O2+. The summed E-state index contributed by atoms with van der Waals surface area (Å²) in [7, 11) is 6.01. The fraction of sp³-hybridized carbons (Fsp3) is 0.286. The van der Waals surface area contributed by atoms with E-state index in [1.165, 1.54) is 0 Å². The van der Waals surface area contributed by atoms with Crippen LogP contribution in [0.1, 0.15) is 25.0 Å². The Kier molecular flexibility index (Phi) is 4.40. The van der Waals surface area contributed by atoms with Gasteiger partial charge in [0.05, 0.1) is 16.4 Å². The third-order valence-electron chi connectivity index (χ3n) is 5.07. The highest BCUT2D eigenvalue weighted by Gasteiger charge is 2.43. The predicted molar refractivity (Wildman–Crippen MR) is 107 cm³/mol. The van der Waals surface area contributed by atoms with E-state index in [4.69, 9.17) is 0 Å². The Morgan fingerprint density at radius 2 is 1.73 bits per heavy atom. The lowest BCUT2D eigenvalue weighted by atomic mass is 9.81. The molecule has 2 aromatic carbocycles. The molecule has 1 heterocycles. The average Bonchev–Trinajstić information content (AvgIpc) is 2.79. The minimum atomic E-state index is -0.346. The smallest absolute Gasteiger partial charge is 0.276 e. The lowest BCUT2D eigenvalue weighted by Crippen LogP contribution is -2.26. The van der Waals surface area contributed by atoms with Crippen LogP contribution < -0.4 is 4.90 Å². The Bertz CT molecular complexity index is 923. The van der Waals surface area contributed by atoms with E-state index in [-0.39, 0.29) is 16.0 Å². The zero-order valence-electron chi connectivity index (χ0n) is 15.9. The van der Waals surface area contributed by atoms with Crippen molar-refractivity contribution in [2.75, 3.05) is 26.0 Å². The van der Waals surface area contributed by atoms with Crippen molar-refractivity contribution in [3.05, 3.63) is 69.8 Å². The normalized spacial score (nSPS) is 15.4. The summed E-state index contributed by atoms with van der Waals surface area (Å²) in [6, 6.07) is 13.5. The number of nitrogens with zero attached hydrogens (tertiary/aromatic N) is 3. The summed E-state index contributed by atoms with van der Waals surface area (Å²) in [5, 5.41) is 11.1. The number of anilines is 1. The third-order valence-corrected chi connectivity index (χ3v) is 5.07. The van der Waals surface area contributed by atoms with E-state index in [2.05, 4.69) is 55.2 Å². The van der Waals surface area contributed by atoms with Gasteiger partial charge in [0.15, 0.2) is 5.71 Å². The van der Waals surface area contributed by atoms with Crippen LogP contribution in [0.5, 0.6) is 0 Å². The fourth-order valence-corrected chi connectivity index (χ4v) is 3.51. The molecule has 0 aromatic heterocycles. The summed E-state index contributed by atoms with van der Waals surface area (Å²) in [5.74, 6) is 0. The molecule has 5 nitrogen and oxygen atoms in total. The number of benzene rings is 2. The van der Waals surface area contributed by atoms with E-state index in [9.17, 15) is 10.1 Å². The van der Waals surface area contributed by atoms with E-state index in [0.29, 0.717) is 0 Å². The Labute approximate surface area is 154 Å². The van der Waals surface area contributed by atoms with Gasteiger partial charge in [0.2, 0.25) is 5.69 Å². The van der Waals surface area contributed by atoms with Gasteiger partial charge in [-0.25, -0.2) is 0 Å². The van der Waals surface area contributed by atoms with Crippen molar-refractivity contribution >= 4 is 28.8 Å². The first-order valence-electron chi connectivity index (χ1n) is 8.57. The second kappa shape index (κ2) is 6.41. The van der Waals surface area contributed by atoms with Crippen molar-refractivity contribution < 1.29 is 9.50 Å². The van der Waals surface area contributed by atoms with Gasteiger partial charge in [0, 0.05) is 37.5 Å². The summed E-state index contributed by atoms with van der Waals surface area (Å²) in [5.41, 5.74) is 5.31. The van der Waals surface area contributed by atoms with Gasteiger partial charge in [0.25, 0.3) is 5.69 Å². The van der Waals surface area contributed by atoms with Crippen molar-refractivity contribution in [1.82, 2.24) is 0 Å². The van der Waals surface area contributed by atoms with E-state index in [0.717, 1.165) is 28.2 Å². The van der Waals surface area contributed by atoms with E-state index in [1.807, 2.05) is 31.8 Å². The van der Waals surface area contributed by atoms with Gasteiger partial charge in [-0.1, -0.05) is 12.1 Å². The van der Waals surface area contributed by atoms with Crippen molar-refractivity contribution in [2.24, 2.45) is 0 Å². The van der Waals surface area contributed by atoms with Crippen LogP contribution in [0.3, 0.4) is 0 Å². The number of hydrogen-bond donors (Lipinski definition) is 0. The molecular weight excluding hydrogens is 326 g/mol. The van der Waals surface area contributed by atoms with E-state index >= 15 is 0 Å². The highest BCUT2D eigenvalue weighted by molar-refractivity contribution is 6.05. The fourth-order valence-electron chi connectivity index (χ4n) is 3.51. The van der Waals surface area contributed by atoms with Crippen LogP contribution in [0, 0.1) is 10.1 Å². The molecule has 26 heavy (non-hydrogen) atoms. The molecule has 134 valence electrons. The van der Waals surface area contributed by atoms with Crippen molar-refractivity contribution in [2.45, 2.75) is 19.3 Å². The minimum Gasteiger partial charge on any atom is -0.378 e. The topological polar surface area (TPSA) is 49.4 Å². The molecule has 0 bridgehead atoms. The Morgan fingerprint density at radius 3 is 2.31 bits per heavy atom. The molecule has 0 spiro atoms. The third kappa shape index (κ3) is 3.01. The Hall–Kier alpha value is -2.95. The molecule has 1 aliphatic rings. The van der Waals surface area contributed by atoms with Crippen LogP contribution in [0.4, 0.5) is 17.1 Å². The summed E-state index contributed by atoms with van der Waals surface area (Å²) < 4.78 is 2.05. The van der Waals surface area contributed by atoms with Crippen molar-refractivity contribution in [3.8, 4) is 0 Å². The van der Waals surface area contributed by atoms with Crippen LogP contribution >= 0.6 is 0 Å². The molecule has 3 rings (SSSR count). The molecule has 5 heteroatoms. The Balaban J connectivity index is 1.97. The number of nitro benzene ring substituents is 1. The number of nitro groups is 1. The predicted octanol–water partition coefficient (Wildman–Crippen LogP) is 4.38. The summed E-state index contributed by atoms with van der Waals surface area (Å²) in [4.78, 5) is 12.8. The standard InChI is InChI=1S/C21H24N3O2/c1-21(2)18-12-11-17(24(25)26)14-19(18)23(5)20(21)13-8-15-6-9-16(10-7-15)22(3)4/h6-14H,1-5H3/q+1. The number of allylic oxidation sites excluding steroid dienone is 1. The molecule has 0 saturated carbocycles. The second-order valence-electron chi connectivity index (χ2n) is 7.35. The zero-order valence-corrected chi connectivity index (χ0v) is 15.9. The van der Waals surface area contributed by atoms with Crippen LogP contribution in [-0.4, -0.2) is 36.4 Å². The van der Waals surface area contributed by atoms with Crippen molar-refractivity contribution in [1.29, 1.82) is 0 Å². The first-order chi connectivity index (χ1) is 12.2. The van der Waals surface area contributed by atoms with Crippen LogP contribution in [0.25, 0.3) is 6.08 Å². The van der Waals surface area contributed by atoms with Gasteiger partial charge in [-0.2, -0.15) is 4.58 Å². The number of fused-ring (bicyclic) bond motifs is 1. The molecule has 0 radical (unpaired) electrons. The number of non-ortho nitro benzene ring substituents is 1. The van der Waals surface area contributed by atoms with Crippen molar-refractivity contribution in [3.63, 3.8) is 0 Å². The number of hydrogen-bond acceptors (Lipinski definition) is 3. The minimum absolute atomic E-state index is 0.121. The molecule has 0 fully saturated rings. The largest absolute Gasteiger partial charge is 0.378 e. The van der Waals surface area contributed by atoms with Crippen LogP contribution in [-0.2, 0) is 5.41 Å². The van der Waals surface area contributed by atoms with Gasteiger partial charge in [0.1, 0.15) is 7.05 Å². The van der Waals surface area contributed by atoms with Crippen LogP contribution in [0.15, 0.2) is 48.5 Å². The first-order valence-corrected chi connectivity index (χ1v) is 8.57. The van der Waals surface area contributed by atoms with Gasteiger partial charge < -0.3 is 4.90 Å². The summed E-state index contributed by atoms with van der Waals surface area (Å²) >= 11 is 0. The maximum Gasteiger partial charge on any atom is 0.276 e. The molecule has 0 unspecified atom stereocenters. The lowest BCUT2D eigenvalue weighted by Gasteiger charge is -2.15. The van der Waals surface area contributed by atoms with Gasteiger partial charge in [-0.15, -0.1) is 0 Å². The monoisotopic (exact) mass is 350 g/mol. The summed E-state index contributed by atoms with van der Waals surface area (Å²) in [6.45, 7) is 4.30. The molecule has 0 N–H and O–H groups in total. The highest BCUT2D eigenvalue weighted by Crippen LogP contribution is 2.41. The second-order valence-corrected chi connectivity index (χ2v) is 7.35.